The third-order valence-electron chi connectivity index (χ3n) is 0.955. The minimum atomic E-state index is -5.03. The van der Waals surface area contributed by atoms with Crippen molar-refractivity contribution >= 4 is 0 Å². The summed E-state index contributed by atoms with van der Waals surface area (Å²) in [6, 6.07) is 0. The Morgan fingerprint density at radius 3 is 1.85 bits per heavy atom. The van der Waals surface area contributed by atoms with E-state index in [1.54, 1.807) is 0 Å². The van der Waals surface area contributed by atoms with E-state index in [0.717, 1.165) is 6.20 Å². The first-order valence-electron chi connectivity index (χ1n) is 2.70. The van der Waals surface area contributed by atoms with Crippen molar-refractivity contribution in [2.45, 2.75) is 12.5 Å². The van der Waals surface area contributed by atoms with Crippen LogP contribution < -0.4 is 0 Å². The number of hydrogen-bond donors (Lipinski definition) is 0. The highest BCUT2D eigenvalue weighted by Gasteiger charge is 2.40. The number of halogens is 6. The summed E-state index contributed by atoms with van der Waals surface area (Å²) in [6.45, 7) is 0. The minimum absolute atomic E-state index is 0.935. The molecule has 0 aliphatic rings. The molecular formula is C4F6N3. The van der Waals surface area contributed by atoms with Crippen molar-refractivity contribution in [1.82, 2.24) is 15.0 Å². The fourth-order valence-corrected chi connectivity index (χ4v) is 0.469. The molecule has 1 aromatic heterocycles. The Kier molecular flexibility index (Phi) is 1.96. The van der Waals surface area contributed by atoms with Crippen LogP contribution in [-0.2, 0) is 12.5 Å². The zero-order chi connectivity index (χ0) is 10.3. The molecule has 0 atom stereocenters. The topological polar surface area (TPSA) is 30.7 Å². The van der Waals surface area contributed by atoms with E-state index in [1.165, 1.54) is 0 Å². The third kappa shape index (κ3) is 2.10. The summed E-state index contributed by atoms with van der Waals surface area (Å²) in [5.74, 6) is 0. The molecule has 0 aliphatic carbocycles. The highest BCUT2D eigenvalue weighted by Crippen LogP contribution is 2.28. The molecule has 1 rings (SSSR count). The lowest BCUT2D eigenvalue weighted by Gasteiger charge is -2.02. The fraction of sp³-hybridized carbons (Fsp3) is 0.500. The van der Waals surface area contributed by atoms with Gasteiger partial charge in [-0.25, -0.2) is 0 Å². The van der Waals surface area contributed by atoms with Gasteiger partial charge in [0.15, 0.2) is 5.69 Å². The lowest BCUT2D eigenvalue weighted by molar-refractivity contribution is -0.213. The standard InChI is InChI=1S/C4F6N3/c5-3(6,7)2-1-13(12-11-2)4(8,9)10. The molecule has 13 heavy (non-hydrogen) atoms. The van der Waals surface area contributed by atoms with Crippen molar-refractivity contribution in [1.29, 1.82) is 0 Å². The third-order valence-corrected chi connectivity index (χ3v) is 0.955. The van der Waals surface area contributed by atoms with Crippen LogP contribution in [0.4, 0.5) is 26.3 Å². The van der Waals surface area contributed by atoms with Crippen LogP contribution >= 0.6 is 0 Å². The molecule has 1 heterocycles. The quantitative estimate of drug-likeness (QED) is 0.600. The maximum absolute atomic E-state index is 11.7. The molecule has 0 unspecified atom stereocenters. The monoisotopic (exact) mass is 204 g/mol. The highest BCUT2D eigenvalue weighted by atomic mass is 19.4. The van der Waals surface area contributed by atoms with E-state index in [9.17, 15) is 26.3 Å². The van der Waals surface area contributed by atoms with Gasteiger partial charge in [0, 0.05) is 0 Å². The lowest BCUT2D eigenvalue weighted by atomic mass is 10.5. The van der Waals surface area contributed by atoms with E-state index in [4.69, 9.17) is 0 Å². The summed E-state index contributed by atoms with van der Waals surface area (Å²) in [4.78, 5) is 0. The Labute approximate surface area is 66.9 Å². The zero-order valence-electron chi connectivity index (χ0n) is 5.61. The summed E-state index contributed by atoms with van der Waals surface area (Å²) in [5, 5.41) is 4.49. The Morgan fingerprint density at radius 2 is 1.62 bits per heavy atom. The second kappa shape index (κ2) is 2.60. The molecular weight excluding hydrogens is 204 g/mol. The molecule has 0 aliphatic heterocycles. The average Bonchev–Trinajstić information content (AvgIpc) is 2.28. The Morgan fingerprint density at radius 1 is 1.08 bits per heavy atom. The van der Waals surface area contributed by atoms with E-state index in [0.29, 0.717) is 0 Å². The van der Waals surface area contributed by atoms with Gasteiger partial charge < -0.3 is 0 Å². The summed E-state index contributed by atoms with van der Waals surface area (Å²) >= 11 is 0. The Balaban J connectivity index is 3.01. The van der Waals surface area contributed by atoms with Gasteiger partial charge in [-0.1, -0.05) is 5.21 Å². The van der Waals surface area contributed by atoms with Gasteiger partial charge in [0.1, 0.15) is 6.20 Å². The van der Waals surface area contributed by atoms with Crippen molar-refractivity contribution in [2.75, 3.05) is 0 Å². The van der Waals surface area contributed by atoms with Gasteiger partial charge in [0.2, 0.25) is 0 Å². The zero-order valence-corrected chi connectivity index (χ0v) is 5.61. The van der Waals surface area contributed by atoms with Gasteiger partial charge in [-0.2, -0.15) is 13.2 Å². The molecule has 3 nitrogen and oxygen atoms in total. The minimum Gasteiger partial charge on any atom is -0.164 e. The average molecular weight is 204 g/mol. The Hall–Kier alpha value is -1.28. The first kappa shape index (κ1) is 9.81. The Bertz CT molecular complexity index is 267. The van der Waals surface area contributed by atoms with Gasteiger partial charge in [-0.15, -0.1) is 23.0 Å². The van der Waals surface area contributed by atoms with Crippen LogP contribution in [0.2, 0.25) is 0 Å². The van der Waals surface area contributed by atoms with Crippen LogP contribution in [0.1, 0.15) is 5.69 Å². The van der Waals surface area contributed by atoms with Crippen LogP contribution in [0, 0.1) is 6.20 Å². The predicted octanol–water partition coefficient (Wildman–Crippen LogP) is 1.57. The van der Waals surface area contributed by atoms with Gasteiger partial charge in [0.05, 0.1) is 0 Å². The van der Waals surface area contributed by atoms with Crippen LogP contribution in [0.15, 0.2) is 0 Å². The molecule has 9 heteroatoms. The molecule has 0 saturated heterocycles. The molecule has 0 bridgehead atoms. The first-order chi connectivity index (χ1) is 5.71. The largest absolute Gasteiger partial charge is 0.506 e. The van der Waals surface area contributed by atoms with Gasteiger partial charge >= 0.3 is 12.5 Å². The highest BCUT2D eigenvalue weighted by molar-refractivity contribution is 4.95. The fourth-order valence-electron chi connectivity index (χ4n) is 0.469. The predicted molar refractivity (Wildman–Crippen MR) is 25.2 cm³/mol. The summed E-state index contributed by atoms with van der Waals surface area (Å²) in [7, 11) is 0. The van der Waals surface area contributed by atoms with Crippen LogP contribution in [-0.4, -0.2) is 15.0 Å². The lowest BCUT2D eigenvalue weighted by Crippen LogP contribution is -2.17. The number of hydrogen-bond acceptors (Lipinski definition) is 2. The number of nitrogens with zero attached hydrogens (tertiary/aromatic N) is 3. The van der Waals surface area contributed by atoms with E-state index in [1.807, 2.05) is 0 Å². The molecule has 0 spiro atoms. The van der Waals surface area contributed by atoms with Crippen molar-refractivity contribution in [3.63, 3.8) is 0 Å². The van der Waals surface area contributed by atoms with Crippen molar-refractivity contribution in [3.05, 3.63) is 11.9 Å². The molecule has 1 radical (unpaired) electrons. The SMILES string of the molecule is FC(F)(F)c1[c]n(C(F)(F)F)nn1. The van der Waals surface area contributed by atoms with Gasteiger partial charge in [-0.3, -0.25) is 0 Å². The van der Waals surface area contributed by atoms with Crippen molar-refractivity contribution in [2.24, 2.45) is 0 Å². The molecule has 1 aromatic rings. The van der Waals surface area contributed by atoms with E-state index in [2.05, 4.69) is 10.3 Å². The second-order valence-corrected chi connectivity index (χ2v) is 1.93. The summed E-state index contributed by atoms with van der Waals surface area (Å²) < 4.78 is 69.0. The first-order valence-corrected chi connectivity index (χ1v) is 2.70. The number of aromatic nitrogens is 3. The van der Waals surface area contributed by atoms with E-state index >= 15 is 0 Å². The van der Waals surface area contributed by atoms with Crippen LogP contribution in [0.3, 0.4) is 0 Å². The molecule has 0 amide bonds. The number of rotatable bonds is 0. The normalized spacial score (nSPS) is 13.4. The van der Waals surface area contributed by atoms with E-state index in [-0.39, 0.29) is 0 Å². The van der Waals surface area contributed by atoms with Crippen LogP contribution in [0.25, 0.3) is 0 Å². The van der Waals surface area contributed by atoms with Crippen molar-refractivity contribution in [3.8, 4) is 0 Å². The molecule has 0 saturated carbocycles. The maximum Gasteiger partial charge on any atom is 0.506 e. The molecule has 73 valence electrons. The maximum atomic E-state index is 11.7. The second-order valence-electron chi connectivity index (χ2n) is 1.93. The van der Waals surface area contributed by atoms with Crippen molar-refractivity contribution < 1.29 is 26.3 Å². The van der Waals surface area contributed by atoms with Crippen LogP contribution in [0.5, 0.6) is 0 Å². The summed E-state index contributed by atoms with van der Waals surface area (Å²) in [5.41, 5.74) is -1.80. The summed E-state index contributed by atoms with van der Waals surface area (Å²) in [6.07, 6.45) is -9.06. The van der Waals surface area contributed by atoms with E-state index < -0.39 is 22.9 Å². The van der Waals surface area contributed by atoms with Gasteiger partial charge in [0.25, 0.3) is 0 Å². The molecule has 0 N–H and O–H groups in total. The van der Waals surface area contributed by atoms with Gasteiger partial charge in [-0.05, 0) is 0 Å². The number of alkyl halides is 6. The molecule has 0 fully saturated rings. The smallest absolute Gasteiger partial charge is 0.164 e. The molecule has 0 aromatic carbocycles.